The Kier molecular flexibility index (Phi) is 10.2. The van der Waals surface area contributed by atoms with Gasteiger partial charge in [0.1, 0.15) is 0 Å². The van der Waals surface area contributed by atoms with E-state index in [1.165, 1.54) is 48.6 Å². The molecule has 0 saturated heterocycles. The van der Waals surface area contributed by atoms with E-state index in [9.17, 15) is 0 Å². The molecule has 1 aliphatic carbocycles. The first-order chi connectivity index (χ1) is 14.3. The van der Waals surface area contributed by atoms with E-state index in [0.29, 0.717) is 6.04 Å². The van der Waals surface area contributed by atoms with Crippen LogP contribution in [0.5, 0.6) is 0 Å². The standard InChI is InChI=1S/C15H15NS.C11H19NS/c1-11(10-12(2)17)16-15-9-5-7-13-6-3-4-8-14(13)15;1-9(8-10(2)13)12-11-6-4-3-5-7-11/h3-10,16H,1-2H3;8,11-12H,3-7H2,1-2H3. The van der Waals surface area contributed by atoms with E-state index in [1.807, 2.05) is 32.9 Å². The van der Waals surface area contributed by atoms with Crippen LogP contribution < -0.4 is 10.6 Å². The lowest BCUT2D eigenvalue weighted by molar-refractivity contribution is 0.397. The molecular formula is C26H34N2S2. The summed E-state index contributed by atoms with van der Waals surface area (Å²) in [6, 6.07) is 15.3. The number of thiocarbonyl (C=S) groups is 2. The fourth-order valence-corrected chi connectivity index (χ4v) is 4.16. The summed E-state index contributed by atoms with van der Waals surface area (Å²) >= 11 is 10.1. The Morgan fingerprint density at radius 3 is 2.07 bits per heavy atom. The van der Waals surface area contributed by atoms with Gasteiger partial charge < -0.3 is 10.6 Å². The molecule has 1 fully saturated rings. The molecule has 0 aromatic heterocycles. The van der Waals surface area contributed by atoms with Crippen molar-refractivity contribution in [3.63, 3.8) is 0 Å². The lowest BCUT2D eigenvalue weighted by atomic mass is 9.95. The van der Waals surface area contributed by atoms with Crippen molar-refractivity contribution in [1.29, 1.82) is 0 Å². The molecule has 4 heteroatoms. The van der Waals surface area contributed by atoms with E-state index < -0.39 is 0 Å². The Bertz CT molecular complexity index is 916. The maximum atomic E-state index is 5.07. The second kappa shape index (κ2) is 12.6. The fraction of sp³-hybridized carbons (Fsp3) is 0.385. The summed E-state index contributed by atoms with van der Waals surface area (Å²) in [4.78, 5) is 1.84. The third kappa shape index (κ3) is 8.76. The van der Waals surface area contributed by atoms with Crippen molar-refractivity contribution >= 4 is 50.6 Å². The molecule has 1 aliphatic rings. The monoisotopic (exact) mass is 438 g/mol. The van der Waals surface area contributed by atoms with Crippen LogP contribution in [-0.4, -0.2) is 15.8 Å². The molecule has 0 spiro atoms. The molecule has 0 amide bonds. The molecule has 2 N–H and O–H groups in total. The number of anilines is 1. The van der Waals surface area contributed by atoms with Crippen molar-refractivity contribution in [2.75, 3.05) is 5.32 Å². The van der Waals surface area contributed by atoms with Gasteiger partial charge in [-0.3, -0.25) is 0 Å². The van der Waals surface area contributed by atoms with Gasteiger partial charge in [-0.15, -0.1) is 0 Å². The summed E-state index contributed by atoms with van der Waals surface area (Å²) < 4.78 is 0. The van der Waals surface area contributed by atoms with Gasteiger partial charge in [-0.1, -0.05) is 80.1 Å². The van der Waals surface area contributed by atoms with Gasteiger partial charge in [-0.05, 0) is 64.1 Å². The highest BCUT2D eigenvalue weighted by Gasteiger charge is 2.12. The molecule has 0 unspecified atom stereocenters. The first-order valence-electron chi connectivity index (χ1n) is 10.7. The Labute approximate surface area is 192 Å². The Morgan fingerprint density at radius 2 is 1.40 bits per heavy atom. The van der Waals surface area contributed by atoms with Crippen LogP contribution in [0.4, 0.5) is 5.69 Å². The first-order valence-corrected chi connectivity index (χ1v) is 11.6. The van der Waals surface area contributed by atoms with Crippen LogP contribution in [0, 0.1) is 0 Å². The number of hydrogen-bond acceptors (Lipinski definition) is 4. The summed E-state index contributed by atoms with van der Waals surface area (Å²) in [5.74, 6) is 0. The number of allylic oxidation sites excluding steroid dienone is 4. The van der Waals surface area contributed by atoms with Crippen LogP contribution in [-0.2, 0) is 0 Å². The van der Waals surface area contributed by atoms with Crippen molar-refractivity contribution < 1.29 is 0 Å². The Hall–Kier alpha value is -2.04. The minimum atomic E-state index is 0.694. The molecule has 0 bridgehead atoms. The fourth-order valence-electron chi connectivity index (χ4n) is 3.80. The number of hydrogen-bond donors (Lipinski definition) is 2. The van der Waals surface area contributed by atoms with E-state index in [2.05, 4.69) is 60.0 Å². The molecule has 0 heterocycles. The van der Waals surface area contributed by atoms with Gasteiger partial charge >= 0.3 is 0 Å². The van der Waals surface area contributed by atoms with Gasteiger partial charge in [-0.2, -0.15) is 0 Å². The maximum Gasteiger partial charge on any atom is 0.0461 e. The largest absolute Gasteiger partial charge is 0.386 e. The number of benzene rings is 2. The Balaban J connectivity index is 0.000000222. The number of fused-ring (bicyclic) bond motifs is 1. The molecule has 30 heavy (non-hydrogen) atoms. The topological polar surface area (TPSA) is 24.1 Å². The zero-order valence-electron chi connectivity index (χ0n) is 18.6. The Morgan fingerprint density at radius 1 is 0.800 bits per heavy atom. The van der Waals surface area contributed by atoms with Crippen molar-refractivity contribution in [2.24, 2.45) is 0 Å². The van der Waals surface area contributed by atoms with Crippen LogP contribution in [0.3, 0.4) is 0 Å². The third-order valence-corrected chi connectivity index (χ3v) is 5.23. The molecule has 0 aliphatic heterocycles. The molecule has 160 valence electrons. The van der Waals surface area contributed by atoms with Crippen molar-refractivity contribution in [1.82, 2.24) is 5.32 Å². The van der Waals surface area contributed by atoms with Crippen LogP contribution >= 0.6 is 24.4 Å². The summed E-state index contributed by atoms with van der Waals surface area (Å²) in [5.41, 5.74) is 3.40. The lowest BCUT2D eigenvalue weighted by Crippen LogP contribution is -2.29. The second-order valence-corrected chi connectivity index (χ2v) is 9.29. The molecule has 1 saturated carbocycles. The highest BCUT2D eigenvalue weighted by molar-refractivity contribution is 7.80. The summed E-state index contributed by atoms with van der Waals surface area (Å²) in [6.07, 6.45) is 10.8. The van der Waals surface area contributed by atoms with E-state index in [4.69, 9.17) is 24.4 Å². The van der Waals surface area contributed by atoms with Crippen molar-refractivity contribution in [3.8, 4) is 0 Å². The van der Waals surface area contributed by atoms with Crippen molar-refractivity contribution in [2.45, 2.75) is 65.8 Å². The number of nitrogens with one attached hydrogen (secondary N) is 2. The summed E-state index contributed by atoms with van der Waals surface area (Å²) in [6.45, 7) is 8.01. The third-order valence-electron chi connectivity index (χ3n) is 5.00. The van der Waals surface area contributed by atoms with Gasteiger partial charge in [0.15, 0.2) is 0 Å². The van der Waals surface area contributed by atoms with Gasteiger partial charge in [-0.25, -0.2) is 0 Å². The molecule has 0 radical (unpaired) electrons. The van der Waals surface area contributed by atoms with Gasteiger partial charge in [0.05, 0.1) is 0 Å². The van der Waals surface area contributed by atoms with Crippen LogP contribution in [0.2, 0.25) is 0 Å². The highest BCUT2D eigenvalue weighted by atomic mass is 32.1. The molecule has 2 aromatic carbocycles. The van der Waals surface area contributed by atoms with Crippen LogP contribution in [0.25, 0.3) is 10.8 Å². The minimum absolute atomic E-state index is 0.694. The zero-order valence-corrected chi connectivity index (χ0v) is 20.3. The molecular weight excluding hydrogens is 404 g/mol. The summed E-state index contributed by atoms with van der Waals surface area (Å²) in [5, 5.41) is 9.38. The molecule has 0 atom stereocenters. The smallest absolute Gasteiger partial charge is 0.0461 e. The normalized spacial score (nSPS) is 15.2. The second-order valence-electron chi connectivity index (χ2n) is 8.01. The van der Waals surface area contributed by atoms with E-state index in [1.54, 1.807) is 0 Å². The van der Waals surface area contributed by atoms with E-state index >= 15 is 0 Å². The average molecular weight is 439 g/mol. The predicted molar refractivity (Wildman–Crippen MR) is 142 cm³/mol. The van der Waals surface area contributed by atoms with Gasteiger partial charge in [0, 0.05) is 38.2 Å². The molecule has 2 nitrogen and oxygen atoms in total. The molecule has 2 aromatic rings. The van der Waals surface area contributed by atoms with Gasteiger partial charge in [0.2, 0.25) is 0 Å². The van der Waals surface area contributed by atoms with E-state index in [-0.39, 0.29) is 0 Å². The van der Waals surface area contributed by atoms with Crippen LogP contribution in [0.1, 0.15) is 59.8 Å². The average Bonchev–Trinajstić information content (AvgIpc) is 2.68. The van der Waals surface area contributed by atoms with Gasteiger partial charge in [0.25, 0.3) is 0 Å². The zero-order chi connectivity index (χ0) is 21.9. The quantitative estimate of drug-likeness (QED) is 0.356. The first kappa shape index (κ1) is 24.2. The molecule has 3 rings (SSSR count). The summed E-state index contributed by atoms with van der Waals surface area (Å²) in [7, 11) is 0. The SMILES string of the molecule is CC(=S)C=C(C)NC1CCCCC1.CC(=S)C=C(C)Nc1cccc2ccccc12. The number of rotatable bonds is 6. The van der Waals surface area contributed by atoms with Crippen LogP contribution in [0.15, 0.2) is 66.0 Å². The van der Waals surface area contributed by atoms with Crippen molar-refractivity contribution in [3.05, 3.63) is 66.0 Å². The predicted octanol–water partition coefficient (Wildman–Crippen LogP) is 7.75. The minimum Gasteiger partial charge on any atom is -0.386 e. The lowest BCUT2D eigenvalue weighted by Gasteiger charge is -2.24. The van der Waals surface area contributed by atoms with E-state index in [0.717, 1.165) is 21.1 Å². The maximum absolute atomic E-state index is 5.07. The highest BCUT2D eigenvalue weighted by Crippen LogP contribution is 2.24.